The highest BCUT2D eigenvalue weighted by Gasteiger charge is 2.49. The van der Waals surface area contributed by atoms with Crippen molar-refractivity contribution < 1.29 is 43.1 Å². The van der Waals surface area contributed by atoms with Gasteiger partial charge in [0.15, 0.2) is 16.1 Å². The number of amides is 2. The van der Waals surface area contributed by atoms with Crippen molar-refractivity contribution in [2.45, 2.75) is 107 Å². The van der Waals surface area contributed by atoms with E-state index in [2.05, 4.69) is 10.6 Å². The van der Waals surface area contributed by atoms with Crippen molar-refractivity contribution >= 4 is 27.2 Å². The van der Waals surface area contributed by atoms with E-state index in [-0.39, 0.29) is 17.3 Å². The average Bonchev–Trinajstić information content (AvgIpc) is 3.12. The summed E-state index contributed by atoms with van der Waals surface area (Å²) in [6.45, 7) is 5.68. The molecule has 0 unspecified atom stereocenters. The van der Waals surface area contributed by atoms with Crippen LogP contribution in [0.1, 0.15) is 76.3 Å². The molecule has 1 saturated heterocycles. The van der Waals surface area contributed by atoms with Gasteiger partial charge in [-0.3, -0.25) is 0 Å². The first-order valence-corrected chi connectivity index (χ1v) is 18.6. The predicted octanol–water partition coefficient (Wildman–Crippen LogP) is 3.37. The number of nitrogens with one attached hydrogen (secondary N) is 2. The van der Waals surface area contributed by atoms with Crippen molar-refractivity contribution in [1.82, 2.24) is 5.32 Å². The third-order valence-electron chi connectivity index (χ3n) is 9.78. The van der Waals surface area contributed by atoms with Crippen LogP contribution in [-0.2, 0) is 19.3 Å². The first-order chi connectivity index (χ1) is 22.8. The molecule has 0 saturated carbocycles. The van der Waals surface area contributed by atoms with Crippen LogP contribution in [0.4, 0.5) is 16.2 Å². The Morgan fingerprint density at radius 2 is 1.77 bits per heavy atom. The molecule has 0 aliphatic carbocycles. The number of ether oxygens (including phenoxy) is 2. The summed E-state index contributed by atoms with van der Waals surface area (Å²) >= 11 is 0. The summed E-state index contributed by atoms with van der Waals surface area (Å²) in [5.74, 6) is -0.880. The van der Waals surface area contributed by atoms with E-state index in [0.29, 0.717) is 36.1 Å². The number of urea groups is 1. The maximum atomic E-state index is 14.0. The van der Waals surface area contributed by atoms with Gasteiger partial charge in [-0.1, -0.05) is 52.2 Å². The van der Waals surface area contributed by atoms with Gasteiger partial charge in [0.1, 0.15) is 24.4 Å². The lowest BCUT2D eigenvalue weighted by Gasteiger charge is -2.42. The van der Waals surface area contributed by atoms with Gasteiger partial charge >= 0.3 is 6.03 Å². The number of carbonyl (C=O) groups is 1. The van der Waals surface area contributed by atoms with Crippen LogP contribution in [0.3, 0.4) is 0 Å². The molecule has 0 bridgehead atoms. The molecule has 268 valence electrons. The molecule has 48 heavy (non-hydrogen) atoms. The minimum Gasteiger partial charge on any atom is -0.394 e. The molecular weight excluding hydrogens is 638 g/mol. The fourth-order valence-electron chi connectivity index (χ4n) is 6.88. The molecule has 2 aliphatic rings. The number of rotatable bonds is 13. The average molecular weight is 692 g/mol. The number of sulfone groups is 1. The number of unbranched alkanes of at least 4 members (excludes halogenated alkanes) is 2. The Labute approximate surface area is 284 Å². The second-order valence-corrected chi connectivity index (χ2v) is 15.2. The van der Waals surface area contributed by atoms with Crippen LogP contribution in [0, 0.1) is 5.41 Å². The lowest BCUT2D eigenvalue weighted by atomic mass is 9.69. The largest absolute Gasteiger partial charge is 0.394 e. The van der Waals surface area contributed by atoms with Crippen LogP contribution in [0.25, 0.3) is 0 Å². The first-order valence-electron chi connectivity index (χ1n) is 17.0. The van der Waals surface area contributed by atoms with Crippen molar-refractivity contribution in [2.24, 2.45) is 5.41 Å². The third-order valence-corrected chi connectivity index (χ3v) is 11.8. The van der Waals surface area contributed by atoms with Crippen LogP contribution in [0.5, 0.6) is 0 Å². The number of hydrogen-bond donors (Lipinski definition) is 6. The third kappa shape index (κ3) is 8.15. The Bertz CT molecular complexity index is 1490. The first kappa shape index (κ1) is 38.0. The Kier molecular flexibility index (Phi) is 12.9. The molecule has 1 fully saturated rings. The summed E-state index contributed by atoms with van der Waals surface area (Å²) in [6.07, 6.45) is -3.01. The standard InChI is InChI=1S/C35H53N3O9S/c1-6-9-16-35(8-3)21-48(44,45)27-15-14-24(38(4)5)19-25(27)28(32(35)42)22-12-11-13-23(18-22)36-34(43)37-33-30(41)31(46-17-10-7-2)29(40)26(20-39)47-33/h11-15,18-19,26,28-33,39-42H,6-10,16-17,20-21H2,1-5H3,(H2,36,37,43)/t26-,28+,29-,30-,31+,32+,33-,35-/m1/s1. The van der Waals surface area contributed by atoms with Crippen molar-refractivity contribution in [2.75, 3.05) is 43.3 Å². The number of benzene rings is 2. The van der Waals surface area contributed by atoms with Gasteiger partial charge in [-0.05, 0) is 60.7 Å². The predicted molar refractivity (Wildman–Crippen MR) is 184 cm³/mol. The highest BCUT2D eigenvalue weighted by molar-refractivity contribution is 7.91. The van der Waals surface area contributed by atoms with E-state index in [1.54, 1.807) is 30.3 Å². The Morgan fingerprint density at radius 1 is 1.04 bits per heavy atom. The monoisotopic (exact) mass is 691 g/mol. The van der Waals surface area contributed by atoms with Gasteiger partial charge in [0.25, 0.3) is 0 Å². The van der Waals surface area contributed by atoms with Gasteiger partial charge in [0.2, 0.25) is 0 Å². The van der Waals surface area contributed by atoms with E-state index in [1.165, 1.54) is 0 Å². The van der Waals surface area contributed by atoms with Crippen molar-refractivity contribution in [1.29, 1.82) is 0 Å². The summed E-state index contributed by atoms with van der Waals surface area (Å²) in [6, 6.07) is 11.4. The van der Waals surface area contributed by atoms with Crippen LogP contribution >= 0.6 is 0 Å². The molecule has 0 radical (unpaired) electrons. The quantitative estimate of drug-likeness (QED) is 0.171. The second kappa shape index (κ2) is 16.3. The molecule has 0 spiro atoms. The molecule has 0 aromatic heterocycles. The zero-order chi connectivity index (χ0) is 35.2. The number of fused-ring (bicyclic) bond motifs is 1. The van der Waals surface area contributed by atoms with Gasteiger partial charge < -0.3 is 45.4 Å². The van der Waals surface area contributed by atoms with Gasteiger partial charge in [-0.25, -0.2) is 13.2 Å². The number of anilines is 2. The molecule has 2 heterocycles. The molecule has 13 heteroatoms. The lowest BCUT2D eigenvalue weighted by Crippen LogP contribution is -2.64. The number of carbonyl (C=O) groups excluding carboxylic acids is 1. The minimum absolute atomic E-state index is 0.167. The van der Waals surface area contributed by atoms with Crippen LogP contribution in [-0.4, -0.2) is 105 Å². The summed E-state index contributed by atoms with van der Waals surface area (Å²) < 4.78 is 39.2. The topological polar surface area (TPSA) is 178 Å². The van der Waals surface area contributed by atoms with E-state index in [4.69, 9.17) is 9.47 Å². The van der Waals surface area contributed by atoms with Crippen molar-refractivity contribution in [3.8, 4) is 0 Å². The Hall–Kier alpha value is -2.78. The zero-order valence-corrected chi connectivity index (χ0v) is 29.4. The van der Waals surface area contributed by atoms with Crippen LogP contribution in [0.15, 0.2) is 47.4 Å². The Balaban J connectivity index is 1.67. The maximum Gasteiger partial charge on any atom is 0.321 e. The molecule has 6 N–H and O–H groups in total. The molecular formula is C35H53N3O9S. The maximum absolute atomic E-state index is 14.0. The molecule has 2 aromatic rings. The summed E-state index contributed by atoms with van der Waals surface area (Å²) in [5.41, 5.74) is 1.40. The van der Waals surface area contributed by atoms with Gasteiger partial charge in [0, 0.05) is 43.4 Å². The van der Waals surface area contributed by atoms with E-state index in [1.807, 2.05) is 51.9 Å². The Morgan fingerprint density at radius 3 is 2.42 bits per heavy atom. The summed E-state index contributed by atoms with van der Waals surface area (Å²) in [4.78, 5) is 15.3. The second-order valence-electron chi connectivity index (χ2n) is 13.3. The number of hydrogen-bond acceptors (Lipinski definition) is 10. The molecule has 12 nitrogen and oxygen atoms in total. The summed E-state index contributed by atoms with van der Waals surface area (Å²) in [5, 5.41) is 48.8. The number of nitrogens with zero attached hydrogens (tertiary/aromatic N) is 1. The lowest BCUT2D eigenvalue weighted by molar-refractivity contribution is -0.245. The van der Waals surface area contributed by atoms with Crippen LogP contribution < -0.4 is 15.5 Å². The smallest absolute Gasteiger partial charge is 0.321 e. The fourth-order valence-corrected chi connectivity index (χ4v) is 9.13. The van der Waals surface area contributed by atoms with E-state index in [0.717, 1.165) is 24.9 Å². The summed E-state index contributed by atoms with van der Waals surface area (Å²) in [7, 11) is -0.0201. The van der Waals surface area contributed by atoms with E-state index < -0.39 is 70.6 Å². The SMILES string of the molecule is CCCCO[C@@H]1[C@@H](O)[C@H](NC(=O)Nc2cccc([C@H]3c4cc(N(C)C)ccc4S(=O)(=O)C[C@@](CC)(CCCC)[C@H]3O)c2)O[C@H](CO)[C@H]1O. The van der Waals surface area contributed by atoms with Gasteiger partial charge in [0.05, 0.1) is 23.4 Å². The number of aliphatic hydroxyl groups is 4. The van der Waals surface area contributed by atoms with Crippen LogP contribution in [0.2, 0.25) is 0 Å². The molecule has 2 amide bonds. The molecule has 8 atom stereocenters. The van der Waals surface area contributed by atoms with E-state index >= 15 is 0 Å². The van der Waals surface area contributed by atoms with Crippen molar-refractivity contribution in [3.05, 3.63) is 53.6 Å². The highest BCUT2D eigenvalue weighted by Crippen LogP contribution is 2.49. The highest BCUT2D eigenvalue weighted by atomic mass is 32.2. The molecule has 4 rings (SSSR count). The fraction of sp³-hybridized carbons (Fsp3) is 0.629. The minimum atomic E-state index is -3.76. The van der Waals surface area contributed by atoms with Crippen molar-refractivity contribution in [3.63, 3.8) is 0 Å². The number of aliphatic hydroxyl groups excluding tert-OH is 4. The zero-order valence-electron chi connectivity index (χ0n) is 28.6. The molecule has 2 aromatic carbocycles. The van der Waals surface area contributed by atoms with Gasteiger partial charge in [-0.15, -0.1) is 0 Å². The van der Waals surface area contributed by atoms with E-state index in [9.17, 15) is 33.6 Å². The normalized spacial score (nSPS) is 29.8. The van der Waals surface area contributed by atoms with Gasteiger partial charge in [-0.2, -0.15) is 0 Å². The molecule has 2 aliphatic heterocycles.